The third-order valence-corrected chi connectivity index (χ3v) is 6.91. The maximum Gasteiger partial charge on any atom is 0.336 e. The van der Waals surface area contributed by atoms with E-state index in [0.29, 0.717) is 19.1 Å². The predicted octanol–water partition coefficient (Wildman–Crippen LogP) is 4.43. The Morgan fingerprint density at radius 1 is 1.14 bits per heavy atom. The van der Waals surface area contributed by atoms with Crippen molar-refractivity contribution in [2.75, 3.05) is 27.3 Å². The quantitative estimate of drug-likeness (QED) is 0.684. The molecule has 3 aliphatic rings. The van der Waals surface area contributed by atoms with Crippen LogP contribution in [0.25, 0.3) is 5.57 Å². The Morgan fingerprint density at radius 2 is 1.89 bits per heavy atom. The summed E-state index contributed by atoms with van der Waals surface area (Å²) in [6.07, 6.45) is 6.69. The zero-order valence-electron chi connectivity index (χ0n) is 17.5. The number of benzene rings is 1. The molecular formula is C24H31NO3. The molecule has 0 amide bonds. The van der Waals surface area contributed by atoms with E-state index < -0.39 is 5.54 Å². The molecule has 1 fully saturated rings. The molecule has 1 aromatic rings. The lowest BCUT2D eigenvalue weighted by Gasteiger charge is -2.44. The van der Waals surface area contributed by atoms with Crippen molar-refractivity contribution < 1.29 is 14.3 Å². The molecule has 150 valence electrons. The Balaban J connectivity index is 2.04. The first kappa shape index (κ1) is 19.3. The first-order chi connectivity index (χ1) is 13.5. The van der Waals surface area contributed by atoms with E-state index >= 15 is 0 Å². The standard InChI is InChI=1S/C24H31NO3/c1-5-27-19-16-24(25(3)4)18-14-10-11-15-23(18,19)20(17-12-8-7-9-13-17)21(24)22(26)28-6-2/h7-9,12-13,16,18H,5-6,10-11,14-15H2,1-4H3/t18-,23-,24+/m0/s1. The smallest absolute Gasteiger partial charge is 0.336 e. The second kappa shape index (κ2) is 7.07. The second-order valence-electron chi connectivity index (χ2n) is 8.27. The summed E-state index contributed by atoms with van der Waals surface area (Å²) in [5, 5.41) is 0. The number of hydrogen-bond acceptors (Lipinski definition) is 4. The van der Waals surface area contributed by atoms with Gasteiger partial charge in [0.15, 0.2) is 0 Å². The number of esters is 1. The van der Waals surface area contributed by atoms with E-state index in [2.05, 4.69) is 49.3 Å². The number of hydrogen-bond donors (Lipinski definition) is 0. The van der Waals surface area contributed by atoms with Crippen LogP contribution in [-0.4, -0.2) is 43.7 Å². The van der Waals surface area contributed by atoms with Gasteiger partial charge in [0.05, 0.1) is 29.7 Å². The van der Waals surface area contributed by atoms with Crippen LogP contribution in [0.2, 0.25) is 0 Å². The van der Waals surface area contributed by atoms with E-state index in [-0.39, 0.29) is 11.4 Å². The van der Waals surface area contributed by atoms with E-state index in [1.54, 1.807) is 0 Å². The van der Waals surface area contributed by atoms with E-state index in [9.17, 15) is 4.79 Å². The summed E-state index contributed by atoms with van der Waals surface area (Å²) in [4.78, 5) is 15.6. The lowest BCUT2D eigenvalue weighted by atomic mass is 9.63. The molecule has 4 heteroatoms. The van der Waals surface area contributed by atoms with Gasteiger partial charge in [-0.3, -0.25) is 4.90 Å². The maximum atomic E-state index is 13.4. The SMILES string of the molecule is CCOC(=O)C1=C(c2ccccc2)[C@@]23CCCC[C@@H]2[C@]1(N(C)C)C=C3OCC. The highest BCUT2D eigenvalue weighted by atomic mass is 16.5. The van der Waals surface area contributed by atoms with Gasteiger partial charge in [0.1, 0.15) is 5.76 Å². The average Bonchev–Trinajstić information content (AvgIpc) is 3.14. The van der Waals surface area contributed by atoms with Gasteiger partial charge in [-0.15, -0.1) is 0 Å². The van der Waals surface area contributed by atoms with Gasteiger partial charge < -0.3 is 9.47 Å². The van der Waals surface area contributed by atoms with E-state index in [0.717, 1.165) is 41.7 Å². The molecule has 1 aromatic carbocycles. The van der Waals surface area contributed by atoms with Crippen LogP contribution in [0.3, 0.4) is 0 Å². The molecule has 0 aromatic heterocycles. The minimum Gasteiger partial charge on any atom is -0.498 e. The fourth-order valence-electron chi connectivity index (χ4n) is 6.05. The van der Waals surface area contributed by atoms with Crippen LogP contribution < -0.4 is 0 Å². The minimum absolute atomic E-state index is 0.185. The molecule has 0 radical (unpaired) electrons. The number of nitrogens with zero attached hydrogens (tertiary/aromatic N) is 1. The lowest BCUT2D eigenvalue weighted by Crippen LogP contribution is -2.50. The van der Waals surface area contributed by atoms with Gasteiger partial charge >= 0.3 is 5.97 Å². The lowest BCUT2D eigenvalue weighted by molar-refractivity contribution is -0.139. The number of carbonyl (C=O) groups is 1. The Hall–Kier alpha value is -2.07. The second-order valence-corrected chi connectivity index (χ2v) is 8.27. The van der Waals surface area contributed by atoms with Crippen LogP contribution in [0.1, 0.15) is 45.1 Å². The van der Waals surface area contributed by atoms with Crippen LogP contribution in [0.5, 0.6) is 0 Å². The molecule has 0 saturated heterocycles. The highest BCUT2D eigenvalue weighted by molar-refractivity contribution is 6.06. The Bertz CT molecular complexity index is 826. The summed E-state index contributed by atoms with van der Waals surface area (Å²) in [6.45, 7) is 4.94. The number of allylic oxidation sites excluding steroid dienone is 1. The third kappa shape index (κ3) is 2.37. The van der Waals surface area contributed by atoms with Crippen LogP contribution in [0.4, 0.5) is 0 Å². The number of rotatable bonds is 6. The van der Waals surface area contributed by atoms with Crippen LogP contribution in [-0.2, 0) is 14.3 Å². The monoisotopic (exact) mass is 381 g/mol. The summed E-state index contributed by atoms with van der Waals surface area (Å²) >= 11 is 0. The summed E-state index contributed by atoms with van der Waals surface area (Å²) in [7, 11) is 4.16. The molecule has 0 spiro atoms. The first-order valence-electron chi connectivity index (χ1n) is 10.5. The number of carbonyl (C=O) groups excluding carboxylic acids is 1. The summed E-state index contributed by atoms with van der Waals surface area (Å²) in [5.74, 6) is 1.18. The molecule has 4 nitrogen and oxygen atoms in total. The summed E-state index contributed by atoms with van der Waals surface area (Å²) < 4.78 is 11.9. The molecule has 0 N–H and O–H groups in total. The molecule has 4 rings (SSSR count). The molecule has 28 heavy (non-hydrogen) atoms. The van der Waals surface area contributed by atoms with Crippen LogP contribution >= 0.6 is 0 Å². The van der Waals surface area contributed by atoms with Crippen molar-refractivity contribution in [3.8, 4) is 0 Å². The fourth-order valence-corrected chi connectivity index (χ4v) is 6.05. The molecule has 0 heterocycles. The zero-order chi connectivity index (χ0) is 19.9. The number of likely N-dealkylation sites (N-methyl/N-ethyl adjacent to an activating group) is 1. The Labute approximate surface area is 168 Å². The minimum atomic E-state index is -0.470. The molecule has 0 aliphatic heterocycles. The van der Waals surface area contributed by atoms with E-state index in [1.807, 2.05) is 19.9 Å². The van der Waals surface area contributed by atoms with Crippen molar-refractivity contribution in [2.24, 2.45) is 11.3 Å². The zero-order valence-corrected chi connectivity index (χ0v) is 17.5. The molecule has 1 saturated carbocycles. The van der Waals surface area contributed by atoms with Crippen molar-refractivity contribution in [3.63, 3.8) is 0 Å². The highest BCUT2D eigenvalue weighted by Gasteiger charge is 2.70. The fraction of sp³-hybridized carbons (Fsp3) is 0.542. The molecule has 3 atom stereocenters. The van der Waals surface area contributed by atoms with Crippen molar-refractivity contribution >= 4 is 11.5 Å². The first-order valence-corrected chi connectivity index (χ1v) is 10.5. The normalized spacial score (nSPS) is 31.0. The van der Waals surface area contributed by atoms with Gasteiger partial charge in [0.2, 0.25) is 0 Å². The van der Waals surface area contributed by atoms with Crippen molar-refractivity contribution in [1.29, 1.82) is 0 Å². The van der Waals surface area contributed by atoms with Crippen molar-refractivity contribution in [2.45, 2.75) is 45.1 Å². The van der Waals surface area contributed by atoms with Gasteiger partial charge in [-0.2, -0.15) is 0 Å². The molecular weight excluding hydrogens is 350 g/mol. The third-order valence-electron chi connectivity index (χ3n) is 6.91. The Morgan fingerprint density at radius 3 is 2.54 bits per heavy atom. The Kier molecular flexibility index (Phi) is 4.86. The van der Waals surface area contributed by atoms with Gasteiger partial charge in [-0.1, -0.05) is 43.2 Å². The van der Waals surface area contributed by atoms with Gasteiger partial charge in [0.25, 0.3) is 0 Å². The highest BCUT2D eigenvalue weighted by Crippen LogP contribution is 2.71. The summed E-state index contributed by atoms with van der Waals surface area (Å²) in [6, 6.07) is 10.4. The number of ether oxygens (including phenoxy) is 2. The van der Waals surface area contributed by atoms with Crippen LogP contribution in [0.15, 0.2) is 47.7 Å². The van der Waals surface area contributed by atoms with Gasteiger partial charge in [-0.25, -0.2) is 4.79 Å². The predicted molar refractivity (Wildman–Crippen MR) is 111 cm³/mol. The van der Waals surface area contributed by atoms with Gasteiger partial charge in [0, 0.05) is 5.92 Å². The topological polar surface area (TPSA) is 38.8 Å². The van der Waals surface area contributed by atoms with Crippen molar-refractivity contribution in [1.82, 2.24) is 4.90 Å². The molecule has 3 aliphatic carbocycles. The summed E-state index contributed by atoms with van der Waals surface area (Å²) in [5.41, 5.74) is 2.37. The van der Waals surface area contributed by atoms with Crippen LogP contribution in [0, 0.1) is 11.3 Å². The van der Waals surface area contributed by atoms with E-state index in [1.165, 1.54) is 6.42 Å². The van der Waals surface area contributed by atoms with E-state index in [4.69, 9.17) is 9.47 Å². The van der Waals surface area contributed by atoms with Gasteiger partial charge in [-0.05, 0) is 58.0 Å². The maximum absolute atomic E-state index is 13.4. The largest absolute Gasteiger partial charge is 0.498 e. The molecule has 0 unspecified atom stereocenters. The van der Waals surface area contributed by atoms with Crippen molar-refractivity contribution in [3.05, 3.63) is 53.3 Å². The average molecular weight is 382 g/mol. The molecule has 2 bridgehead atoms.